The number of benzene rings is 1. The van der Waals surface area contributed by atoms with Crippen LogP contribution in [0, 0.1) is 5.92 Å². The molecule has 8 nitrogen and oxygen atoms in total. The molecular weight excluding hydrogens is 434 g/mol. The lowest BCUT2D eigenvalue weighted by molar-refractivity contribution is -0.134. The van der Waals surface area contributed by atoms with Crippen LogP contribution in [0.3, 0.4) is 0 Å². The van der Waals surface area contributed by atoms with E-state index in [1.54, 1.807) is 37.1 Å². The van der Waals surface area contributed by atoms with E-state index in [9.17, 15) is 14.4 Å². The minimum absolute atomic E-state index is 0.0391. The summed E-state index contributed by atoms with van der Waals surface area (Å²) in [5.74, 6) is 0.841. The van der Waals surface area contributed by atoms with Crippen molar-refractivity contribution in [1.29, 1.82) is 0 Å². The third-order valence-corrected chi connectivity index (χ3v) is 7.34. The van der Waals surface area contributed by atoms with E-state index in [2.05, 4.69) is 10.6 Å². The minimum atomic E-state index is -0.300. The van der Waals surface area contributed by atoms with E-state index in [0.717, 1.165) is 19.4 Å². The molecule has 1 aromatic rings. The van der Waals surface area contributed by atoms with Crippen molar-refractivity contribution in [3.8, 4) is 5.75 Å². The van der Waals surface area contributed by atoms with Crippen LogP contribution in [0.2, 0.25) is 0 Å². The van der Waals surface area contributed by atoms with Gasteiger partial charge >= 0.3 is 0 Å². The molecule has 2 aliphatic heterocycles. The van der Waals surface area contributed by atoms with E-state index in [1.807, 2.05) is 0 Å². The third kappa shape index (κ3) is 5.90. The number of amides is 3. The molecule has 3 aliphatic rings. The summed E-state index contributed by atoms with van der Waals surface area (Å²) in [6.45, 7) is 2.84. The van der Waals surface area contributed by atoms with Crippen LogP contribution in [-0.2, 0) is 14.3 Å². The molecule has 8 heteroatoms. The van der Waals surface area contributed by atoms with E-state index in [-0.39, 0.29) is 36.0 Å². The SMILES string of the molecule is CCC(=O)Nc1ccc2c(c1)C(=O)N(C)[C@H]1CC[C@@H](CC(=O)NCC3CCCCC3)O[C@H]1CO2. The lowest BCUT2D eigenvalue weighted by atomic mass is 9.89. The van der Waals surface area contributed by atoms with Gasteiger partial charge in [0.2, 0.25) is 11.8 Å². The van der Waals surface area contributed by atoms with Crippen molar-refractivity contribution in [2.24, 2.45) is 5.92 Å². The lowest BCUT2D eigenvalue weighted by Crippen LogP contribution is -2.54. The summed E-state index contributed by atoms with van der Waals surface area (Å²) in [7, 11) is 1.78. The molecule has 3 amide bonds. The van der Waals surface area contributed by atoms with E-state index >= 15 is 0 Å². The molecule has 2 N–H and O–H groups in total. The van der Waals surface area contributed by atoms with Crippen molar-refractivity contribution in [3.63, 3.8) is 0 Å². The van der Waals surface area contributed by atoms with Crippen molar-refractivity contribution in [2.45, 2.75) is 83.0 Å². The topological polar surface area (TPSA) is 97.0 Å². The number of nitrogens with zero attached hydrogens (tertiary/aromatic N) is 1. The molecule has 0 spiro atoms. The molecule has 2 heterocycles. The summed E-state index contributed by atoms with van der Waals surface area (Å²) in [6, 6.07) is 4.99. The van der Waals surface area contributed by atoms with E-state index in [0.29, 0.717) is 42.4 Å². The molecule has 1 saturated carbocycles. The summed E-state index contributed by atoms with van der Waals surface area (Å²) < 4.78 is 12.3. The third-order valence-electron chi connectivity index (χ3n) is 7.34. The van der Waals surface area contributed by atoms with Gasteiger partial charge in [0.05, 0.1) is 24.1 Å². The summed E-state index contributed by atoms with van der Waals surface area (Å²) in [4.78, 5) is 39.3. The monoisotopic (exact) mass is 471 g/mol. The number of likely N-dealkylation sites (N-methyl/N-ethyl adjacent to an activating group) is 1. The van der Waals surface area contributed by atoms with E-state index < -0.39 is 0 Å². The molecule has 0 aromatic heterocycles. The van der Waals surface area contributed by atoms with Gasteiger partial charge in [0, 0.05) is 25.7 Å². The Labute approximate surface area is 201 Å². The highest BCUT2D eigenvalue weighted by Gasteiger charge is 2.39. The molecule has 0 radical (unpaired) electrons. The van der Waals surface area contributed by atoms with Crippen LogP contribution in [0.5, 0.6) is 5.75 Å². The number of fused-ring (bicyclic) bond motifs is 2. The number of ether oxygens (including phenoxy) is 2. The average Bonchev–Trinajstić information content (AvgIpc) is 2.86. The quantitative estimate of drug-likeness (QED) is 0.662. The average molecular weight is 472 g/mol. The van der Waals surface area contributed by atoms with Crippen molar-refractivity contribution in [1.82, 2.24) is 10.2 Å². The standard InChI is InChI=1S/C26H37N3O5/c1-3-24(30)28-18-9-12-22-20(13-18)26(32)29(2)21-11-10-19(34-23(21)16-33-22)14-25(31)27-15-17-7-5-4-6-8-17/h9,12-13,17,19,21,23H,3-8,10-11,14-16H2,1-2H3,(H,27,31)(H,28,30)/t19-,21-,23-/m0/s1. The first-order valence-electron chi connectivity index (χ1n) is 12.7. The van der Waals surface area contributed by atoms with Crippen molar-refractivity contribution >= 4 is 23.4 Å². The molecular formula is C26H37N3O5. The fraction of sp³-hybridized carbons (Fsp3) is 0.654. The summed E-state index contributed by atoms with van der Waals surface area (Å²) >= 11 is 0. The first-order valence-corrected chi connectivity index (χ1v) is 12.7. The second-order valence-electron chi connectivity index (χ2n) is 9.79. The fourth-order valence-corrected chi connectivity index (χ4v) is 5.28. The van der Waals surface area contributed by atoms with Gasteiger partial charge in [-0.25, -0.2) is 0 Å². The van der Waals surface area contributed by atoms with E-state index in [1.165, 1.54) is 32.1 Å². The van der Waals surface area contributed by atoms with Crippen LogP contribution in [0.25, 0.3) is 0 Å². The second kappa shape index (κ2) is 11.2. The first-order chi connectivity index (χ1) is 16.4. The molecule has 0 unspecified atom stereocenters. The van der Waals surface area contributed by atoms with Gasteiger partial charge in [-0.15, -0.1) is 0 Å². The minimum Gasteiger partial charge on any atom is -0.490 e. The largest absolute Gasteiger partial charge is 0.490 e. The molecule has 0 bridgehead atoms. The first kappa shape index (κ1) is 24.5. The van der Waals surface area contributed by atoms with Gasteiger partial charge in [-0.3, -0.25) is 14.4 Å². The molecule has 1 saturated heterocycles. The molecule has 3 atom stereocenters. The predicted octanol–water partition coefficient (Wildman–Crippen LogP) is 3.50. The molecule has 4 rings (SSSR count). The van der Waals surface area contributed by atoms with Crippen molar-refractivity contribution in [2.75, 3.05) is 25.5 Å². The number of hydrogen-bond acceptors (Lipinski definition) is 5. The molecule has 1 aliphatic carbocycles. The summed E-state index contributed by atoms with van der Waals surface area (Å²) in [5.41, 5.74) is 1.01. The predicted molar refractivity (Wildman–Crippen MR) is 129 cm³/mol. The van der Waals surface area contributed by atoms with Gasteiger partial charge in [-0.05, 0) is 49.8 Å². The Morgan fingerprint density at radius 2 is 1.88 bits per heavy atom. The lowest BCUT2D eigenvalue weighted by Gasteiger charge is -2.42. The van der Waals surface area contributed by atoms with Gasteiger partial charge in [0.1, 0.15) is 18.5 Å². The van der Waals surface area contributed by atoms with Gasteiger partial charge in [0.15, 0.2) is 0 Å². The highest BCUT2D eigenvalue weighted by molar-refractivity contribution is 5.99. The molecule has 2 fully saturated rings. The normalized spacial score (nSPS) is 25.3. The maximum absolute atomic E-state index is 13.3. The smallest absolute Gasteiger partial charge is 0.257 e. The zero-order valence-corrected chi connectivity index (χ0v) is 20.3. The van der Waals surface area contributed by atoms with Gasteiger partial charge in [0.25, 0.3) is 5.91 Å². The van der Waals surface area contributed by atoms with Crippen LogP contribution >= 0.6 is 0 Å². The Morgan fingerprint density at radius 3 is 2.65 bits per heavy atom. The summed E-state index contributed by atoms with van der Waals surface area (Å²) in [5, 5.41) is 5.90. The molecule has 34 heavy (non-hydrogen) atoms. The number of carbonyl (C=O) groups is 3. The van der Waals surface area contributed by atoms with Crippen molar-refractivity contribution in [3.05, 3.63) is 23.8 Å². The number of rotatable bonds is 6. The molecule has 186 valence electrons. The van der Waals surface area contributed by atoms with Gasteiger partial charge < -0.3 is 25.0 Å². The maximum Gasteiger partial charge on any atom is 0.257 e. The highest BCUT2D eigenvalue weighted by atomic mass is 16.5. The van der Waals surface area contributed by atoms with Crippen LogP contribution in [-0.4, -0.2) is 61.1 Å². The Kier molecular flexibility index (Phi) is 8.08. The van der Waals surface area contributed by atoms with Gasteiger partial charge in [-0.1, -0.05) is 26.2 Å². The van der Waals surface area contributed by atoms with Crippen LogP contribution in [0.4, 0.5) is 5.69 Å². The Bertz CT molecular complexity index is 898. The fourth-order valence-electron chi connectivity index (χ4n) is 5.28. The zero-order chi connectivity index (χ0) is 24.1. The Morgan fingerprint density at radius 1 is 1.09 bits per heavy atom. The Balaban J connectivity index is 1.36. The summed E-state index contributed by atoms with van der Waals surface area (Å²) in [6.07, 6.45) is 7.93. The Hall–Kier alpha value is -2.61. The van der Waals surface area contributed by atoms with Crippen LogP contribution in [0.15, 0.2) is 18.2 Å². The van der Waals surface area contributed by atoms with Gasteiger partial charge in [-0.2, -0.15) is 0 Å². The molecule has 1 aromatic carbocycles. The number of hydrogen-bond donors (Lipinski definition) is 2. The van der Waals surface area contributed by atoms with Crippen LogP contribution in [0.1, 0.15) is 75.1 Å². The van der Waals surface area contributed by atoms with E-state index in [4.69, 9.17) is 9.47 Å². The number of anilines is 1. The van der Waals surface area contributed by atoms with Crippen LogP contribution < -0.4 is 15.4 Å². The highest BCUT2D eigenvalue weighted by Crippen LogP contribution is 2.32. The maximum atomic E-state index is 13.3. The zero-order valence-electron chi connectivity index (χ0n) is 20.3. The number of carbonyl (C=O) groups excluding carboxylic acids is 3. The van der Waals surface area contributed by atoms with Crippen molar-refractivity contribution < 1.29 is 23.9 Å². The second-order valence-corrected chi connectivity index (χ2v) is 9.79. The number of nitrogens with one attached hydrogen (secondary N) is 2.